The summed E-state index contributed by atoms with van der Waals surface area (Å²) >= 11 is 1.39. The molecule has 0 radical (unpaired) electrons. The number of aliphatic hydroxyl groups is 1. The predicted molar refractivity (Wildman–Crippen MR) is 101 cm³/mol. The zero-order valence-electron chi connectivity index (χ0n) is 14.1. The fraction of sp³-hybridized carbons (Fsp3) is 0.167. The fourth-order valence-electron chi connectivity index (χ4n) is 2.39. The van der Waals surface area contributed by atoms with Gasteiger partial charge in [0.15, 0.2) is 0 Å². The number of rotatable bonds is 6. The van der Waals surface area contributed by atoms with Gasteiger partial charge in [0.25, 0.3) is 0 Å². The van der Waals surface area contributed by atoms with E-state index in [4.69, 9.17) is 10.8 Å². The van der Waals surface area contributed by atoms with Gasteiger partial charge in [-0.3, -0.25) is 9.71 Å². The number of nitrogens with one attached hydrogen (secondary N) is 1. The molecule has 0 bridgehead atoms. The van der Waals surface area contributed by atoms with E-state index in [-0.39, 0.29) is 18.2 Å². The van der Waals surface area contributed by atoms with E-state index >= 15 is 0 Å². The topological polar surface area (TPSA) is 97.0 Å². The summed E-state index contributed by atoms with van der Waals surface area (Å²) in [5, 5.41) is 8.91. The first-order chi connectivity index (χ1) is 12.6. The molecule has 0 fully saturated rings. The number of aryl methyl sites for hydroxylation is 1. The van der Waals surface area contributed by atoms with Gasteiger partial charge in [-0.25, -0.2) is 14.4 Å². The summed E-state index contributed by atoms with van der Waals surface area (Å²) in [4.78, 5) is 12.9. The molecule has 0 saturated carbocycles. The Morgan fingerprint density at radius 3 is 2.54 bits per heavy atom. The van der Waals surface area contributed by atoms with E-state index in [1.165, 1.54) is 30.4 Å². The van der Waals surface area contributed by atoms with E-state index in [1.54, 1.807) is 6.20 Å². The Labute approximate surface area is 154 Å². The summed E-state index contributed by atoms with van der Waals surface area (Å²) < 4.78 is 17.7. The Hall–Kier alpha value is -2.55. The molecule has 6 nitrogen and oxygen atoms in total. The lowest BCUT2D eigenvalue weighted by molar-refractivity contribution is 0.302. The Kier molecular flexibility index (Phi) is 5.77. The van der Waals surface area contributed by atoms with Gasteiger partial charge >= 0.3 is 0 Å². The summed E-state index contributed by atoms with van der Waals surface area (Å²) in [7, 11) is 0. The van der Waals surface area contributed by atoms with Crippen LogP contribution in [0.3, 0.4) is 0 Å². The van der Waals surface area contributed by atoms with Crippen LogP contribution in [0, 0.1) is 12.7 Å². The second-order valence-electron chi connectivity index (χ2n) is 5.60. The van der Waals surface area contributed by atoms with E-state index in [9.17, 15) is 4.39 Å². The van der Waals surface area contributed by atoms with Gasteiger partial charge in [0.1, 0.15) is 11.5 Å². The number of hydrogen-bond donors (Lipinski definition) is 3. The van der Waals surface area contributed by atoms with E-state index in [0.29, 0.717) is 17.7 Å². The first-order valence-electron chi connectivity index (χ1n) is 7.93. The van der Waals surface area contributed by atoms with Gasteiger partial charge in [0.2, 0.25) is 5.95 Å². The van der Waals surface area contributed by atoms with Gasteiger partial charge in [-0.2, -0.15) is 0 Å². The van der Waals surface area contributed by atoms with E-state index in [2.05, 4.69) is 19.7 Å². The number of nitrogens with two attached hydrogens (primary N) is 1. The highest BCUT2D eigenvalue weighted by molar-refractivity contribution is 7.97. The number of aromatic nitrogens is 3. The first-order valence-corrected chi connectivity index (χ1v) is 8.75. The molecule has 0 amide bonds. The molecule has 3 rings (SSSR count). The lowest BCUT2D eigenvalue weighted by atomic mass is 10.0. The van der Waals surface area contributed by atoms with Gasteiger partial charge < -0.3 is 10.8 Å². The number of hydrogen-bond acceptors (Lipinski definition) is 7. The van der Waals surface area contributed by atoms with Crippen molar-refractivity contribution in [2.24, 2.45) is 0 Å². The largest absolute Gasteiger partial charge is 0.395 e. The third-order valence-corrected chi connectivity index (χ3v) is 4.55. The second-order valence-corrected chi connectivity index (χ2v) is 6.54. The van der Waals surface area contributed by atoms with Gasteiger partial charge in [0, 0.05) is 41.2 Å². The summed E-state index contributed by atoms with van der Waals surface area (Å²) in [5.74, 6) is -0.334. The molecule has 0 aliphatic rings. The summed E-state index contributed by atoms with van der Waals surface area (Å²) in [6.45, 7) is 2.48. The molecule has 4 N–H and O–H groups in total. The van der Waals surface area contributed by atoms with Gasteiger partial charge in [-0.1, -0.05) is 17.7 Å². The standard InChI is InChI=1S/C18H18FN5OS/c1-11-2-3-16(26-24-4-5-25)14(6-11)12-7-15(19)17(21-8-12)13-9-22-18(20)23-10-13/h2-3,6-10,24-25H,4-5H2,1H3,(H2,20,22,23). The highest BCUT2D eigenvalue weighted by Gasteiger charge is 2.13. The molecule has 0 unspecified atom stereocenters. The fourth-order valence-corrected chi connectivity index (χ4v) is 3.16. The third-order valence-electron chi connectivity index (χ3n) is 3.63. The van der Waals surface area contributed by atoms with Crippen LogP contribution in [0.2, 0.25) is 0 Å². The van der Waals surface area contributed by atoms with Crippen LogP contribution in [0.4, 0.5) is 10.3 Å². The molecule has 8 heteroatoms. The molecule has 0 aliphatic carbocycles. The second kappa shape index (κ2) is 8.22. The number of nitrogens with zero attached hydrogens (tertiary/aromatic N) is 3. The lowest BCUT2D eigenvalue weighted by Crippen LogP contribution is -2.09. The van der Waals surface area contributed by atoms with Crippen LogP contribution < -0.4 is 10.5 Å². The van der Waals surface area contributed by atoms with Crippen molar-refractivity contribution in [2.75, 3.05) is 18.9 Å². The molecule has 2 heterocycles. The monoisotopic (exact) mass is 371 g/mol. The molecule has 134 valence electrons. The van der Waals surface area contributed by atoms with Crippen LogP contribution in [0.15, 0.2) is 47.8 Å². The van der Waals surface area contributed by atoms with Crippen LogP contribution in [0.5, 0.6) is 0 Å². The zero-order chi connectivity index (χ0) is 18.5. The molecular formula is C18H18FN5OS. The Balaban J connectivity index is 1.96. The average Bonchev–Trinajstić information content (AvgIpc) is 2.64. The molecule has 2 aromatic heterocycles. The Bertz CT molecular complexity index is 905. The predicted octanol–water partition coefficient (Wildman–Crippen LogP) is 2.82. The van der Waals surface area contributed by atoms with Crippen molar-refractivity contribution in [1.29, 1.82) is 0 Å². The molecule has 0 spiro atoms. The maximum absolute atomic E-state index is 14.7. The summed E-state index contributed by atoms with van der Waals surface area (Å²) in [5.41, 5.74) is 8.70. The molecule has 0 aliphatic heterocycles. The summed E-state index contributed by atoms with van der Waals surface area (Å²) in [6.07, 6.45) is 4.51. The van der Waals surface area contributed by atoms with E-state index in [0.717, 1.165) is 16.0 Å². The minimum atomic E-state index is -0.461. The van der Waals surface area contributed by atoms with E-state index in [1.807, 2.05) is 25.1 Å². The maximum atomic E-state index is 14.7. The van der Waals surface area contributed by atoms with Crippen molar-refractivity contribution in [3.8, 4) is 22.4 Å². The molecule has 1 aromatic carbocycles. The number of aliphatic hydroxyl groups excluding tert-OH is 1. The molecular weight excluding hydrogens is 353 g/mol. The number of halogens is 1. The normalized spacial score (nSPS) is 10.9. The molecule has 0 saturated heterocycles. The third kappa shape index (κ3) is 4.16. The molecule has 26 heavy (non-hydrogen) atoms. The number of nitrogen functional groups attached to an aromatic ring is 1. The smallest absolute Gasteiger partial charge is 0.219 e. The average molecular weight is 371 g/mol. The van der Waals surface area contributed by atoms with Crippen molar-refractivity contribution in [2.45, 2.75) is 11.8 Å². The van der Waals surface area contributed by atoms with Gasteiger partial charge in [0.05, 0.1) is 6.61 Å². The molecule has 3 aromatic rings. The zero-order valence-corrected chi connectivity index (χ0v) is 14.9. The number of benzene rings is 1. The number of pyridine rings is 1. The van der Waals surface area contributed by atoms with Crippen molar-refractivity contribution in [3.05, 3.63) is 54.2 Å². The quantitative estimate of drug-likeness (QED) is 0.453. The van der Waals surface area contributed by atoms with Crippen molar-refractivity contribution >= 4 is 17.9 Å². The maximum Gasteiger partial charge on any atom is 0.219 e. The molecule has 0 atom stereocenters. The Morgan fingerprint density at radius 1 is 1.12 bits per heavy atom. The lowest BCUT2D eigenvalue weighted by Gasteiger charge is -2.12. The minimum Gasteiger partial charge on any atom is -0.395 e. The van der Waals surface area contributed by atoms with Crippen molar-refractivity contribution < 1.29 is 9.50 Å². The Morgan fingerprint density at radius 2 is 1.85 bits per heavy atom. The first kappa shape index (κ1) is 18.2. The van der Waals surface area contributed by atoms with Gasteiger partial charge in [-0.05, 0) is 36.6 Å². The van der Waals surface area contributed by atoms with Crippen LogP contribution in [-0.4, -0.2) is 33.2 Å². The van der Waals surface area contributed by atoms with Crippen molar-refractivity contribution in [3.63, 3.8) is 0 Å². The van der Waals surface area contributed by atoms with Gasteiger partial charge in [-0.15, -0.1) is 0 Å². The van der Waals surface area contributed by atoms with Crippen molar-refractivity contribution in [1.82, 2.24) is 19.7 Å². The van der Waals surface area contributed by atoms with E-state index < -0.39 is 5.82 Å². The van der Waals surface area contributed by atoms with Crippen LogP contribution in [-0.2, 0) is 0 Å². The van der Waals surface area contributed by atoms with Crippen LogP contribution in [0.1, 0.15) is 5.56 Å². The minimum absolute atomic E-state index is 0.0444. The van der Waals surface area contributed by atoms with Crippen LogP contribution in [0.25, 0.3) is 22.4 Å². The highest BCUT2D eigenvalue weighted by atomic mass is 32.2. The highest BCUT2D eigenvalue weighted by Crippen LogP contribution is 2.32. The summed E-state index contributed by atoms with van der Waals surface area (Å²) in [6, 6.07) is 7.37. The number of anilines is 1. The SMILES string of the molecule is Cc1ccc(SNCCO)c(-c2cnc(-c3cnc(N)nc3)c(F)c2)c1. The van der Waals surface area contributed by atoms with Crippen LogP contribution >= 0.6 is 11.9 Å².